The molecular weight excluding hydrogens is 733 g/mol. The van der Waals surface area contributed by atoms with Crippen molar-refractivity contribution in [1.29, 1.82) is 0 Å². The van der Waals surface area contributed by atoms with Crippen molar-refractivity contribution >= 4 is 17.9 Å². The lowest BCUT2D eigenvalue weighted by atomic mass is 10.0. The third-order valence-electron chi connectivity index (χ3n) is 10.8. The second-order valence-corrected chi connectivity index (χ2v) is 16.7. The zero-order valence-corrected chi connectivity index (χ0v) is 39.0. The number of ether oxygens (including phenoxy) is 3. The lowest BCUT2D eigenvalue weighted by Gasteiger charge is -2.18. The van der Waals surface area contributed by atoms with Gasteiger partial charge in [0.2, 0.25) is 0 Å². The molecule has 0 saturated heterocycles. The first-order valence-electron chi connectivity index (χ1n) is 25.1. The van der Waals surface area contributed by atoms with E-state index in [0.29, 0.717) is 19.3 Å². The summed E-state index contributed by atoms with van der Waals surface area (Å²) in [6.45, 7) is 6.48. The summed E-state index contributed by atoms with van der Waals surface area (Å²) in [5.74, 6) is -0.896. The average molecular weight is 827 g/mol. The Morgan fingerprint density at radius 1 is 0.356 bits per heavy atom. The first-order valence-corrected chi connectivity index (χ1v) is 25.1. The minimum atomic E-state index is -0.777. The van der Waals surface area contributed by atoms with Crippen LogP contribution in [-0.2, 0) is 28.6 Å². The van der Waals surface area contributed by atoms with E-state index in [0.717, 1.165) is 89.9 Å². The molecule has 0 aliphatic rings. The lowest BCUT2D eigenvalue weighted by molar-refractivity contribution is -0.167. The maximum Gasteiger partial charge on any atom is 0.306 e. The van der Waals surface area contributed by atoms with Gasteiger partial charge in [0, 0.05) is 19.3 Å². The van der Waals surface area contributed by atoms with Crippen molar-refractivity contribution in [3.05, 3.63) is 48.6 Å². The fourth-order valence-electron chi connectivity index (χ4n) is 7.03. The van der Waals surface area contributed by atoms with Crippen LogP contribution in [0, 0.1) is 0 Å². The average Bonchev–Trinajstić information content (AvgIpc) is 3.23. The number of rotatable bonds is 45. The van der Waals surface area contributed by atoms with Gasteiger partial charge >= 0.3 is 17.9 Å². The molecule has 0 amide bonds. The third-order valence-corrected chi connectivity index (χ3v) is 10.8. The molecular formula is C53H94O6. The summed E-state index contributed by atoms with van der Waals surface area (Å²) in [5.41, 5.74) is 0. The molecule has 0 aromatic carbocycles. The summed E-state index contributed by atoms with van der Waals surface area (Å²) >= 11 is 0. The number of carbonyl (C=O) groups excluding carboxylic acids is 3. The molecule has 0 saturated carbocycles. The molecule has 0 bridgehead atoms. The molecule has 1 unspecified atom stereocenters. The highest BCUT2D eigenvalue weighted by Gasteiger charge is 2.19. The summed E-state index contributed by atoms with van der Waals surface area (Å²) < 4.78 is 16.8. The monoisotopic (exact) mass is 827 g/mol. The molecule has 6 heteroatoms. The fraction of sp³-hybridized carbons (Fsp3) is 0.792. The predicted octanol–water partition coefficient (Wildman–Crippen LogP) is 16.3. The number of esters is 3. The predicted molar refractivity (Wildman–Crippen MR) is 252 cm³/mol. The van der Waals surface area contributed by atoms with Crippen LogP contribution in [0.1, 0.15) is 252 Å². The summed E-state index contributed by atoms with van der Waals surface area (Å²) in [6, 6.07) is 0. The highest BCUT2D eigenvalue weighted by atomic mass is 16.6. The van der Waals surface area contributed by atoms with Gasteiger partial charge in [-0.05, 0) is 70.6 Å². The summed E-state index contributed by atoms with van der Waals surface area (Å²) in [7, 11) is 0. The highest BCUT2D eigenvalue weighted by molar-refractivity contribution is 5.71. The van der Waals surface area contributed by atoms with Crippen molar-refractivity contribution in [3.8, 4) is 0 Å². The Labute approximate surface area is 365 Å². The first kappa shape index (κ1) is 56.4. The quantitative estimate of drug-likeness (QED) is 0.0263. The van der Waals surface area contributed by atoms with E-state index in [1.165, 1.54) is 122 Å². The van der Waals surface area contributed by atoms with Crippen LogP contribution in [0.5, 0.6) is 0 Å². The Morgan fingerprint density at radius 2 is 0.678 bits per heavy atom. The summed E-state index contributed by atoms with van der Waals surface area (Å²) in [5, 5.41) is 0. The van der Waals surface area contributed by atoms with Gasteiger partial charge in [0.05, 0.1) is 0 Å². The van der Waals surface area contributed by atoms with Crippen molar-refractivity contribution < 1.29 is 28.6 Å². The molecule has 0 rings (SSSR count). The molecule has 6 nitrogen and oxygen atoms in total. The van der Waals surface area contributed by atoms with E-state index in [4.69, 9.17) is 14.2 Å². The fourth-order valence-corrected chi connectivity index (χ4v) is 7.03. The summed E-state index contributed by atoms with van der Waals surface area (Å²) in [4.78, 5) is 37.9. The minimum absolute atomic E-state index is 0.0799. The molecule has 0 radical (unpaired) electrons. The maximum atomic E-state index is 12.8. The van der Waals surface area contributed by atoms with Crippen LogP contribution in [0.3, 0.4) is 0 Å². The van der Waals surface area contributed by atoms with E-state index < -0.39 is 6.10 Å². The van der Waals surface area contributed by atoms with Crippen molar-refractivity contribution in [2.45, 2.75) is 258 Å². The van der Waals surface area contributed by atoms with Crippen LogP contribution in [0.15, 0.2) is 48.6 Å². The zero-order valence-electron chi connectivity index (χ0n) is 39.0. The van der Waals surface area contributed by atoms with E-state index in [2.05, 4.69) is 69.4 Å². The molecule has 0 N–H and O–H groups in total. The summed E-state index contributed by atoms with van der Waals surface area (Å²) in [6.07, 6.45) is 56.6. The van der Waals surface area contributed by atoms with E-state index >= 15 is 0 Å². The van der Waals surface area contributed by atoms with Gasteiger partial charge in [-0.3, -0.25) is 14.4 Å². The molecule has 0 fully saturated rings. The number of unbranched alkanes of at least 4 members (excludes halogenated alkanes) is 26. The molecule has 0 aromatic rings. The van der Waals surface area contributed by atoms with Crippen LogP contribution in [-0.4, -0.2) is 37.2 Å². The maximum absolute atomic E-state index is 12.8. The first-order chi connectivity index (χ1) is 29.0. The highest BCUT2D eigenvalue weighted by Crippen LogP contribution is 2.15. The molecule has 59 heavy (non-hydrogen) atoms. The zero-order chi connectivity index (χ0) is 43.0. The number of allylic oxidation sites excluding steroid dienone is 8. The van der Waals surface area contributed by atoms with E-state index in [1.807, 2.05) is 0 Å². The third kappa shape index (κ3) is 46.3. The number of carbonyl (C=O) groups is 3. The molecule has 0 aliphatic heterocycles. The minimum Gasteiger partial charge on any atom is -0.462 e. The Kier molecular flexibility index (Phi) is 45.9. The SMILES string of the molecule is CC/C=C\C/C=C\C/C=C\CCCCCCCCC(=O)OCC(COC(=O)CCCCCCC/C=C\CCCC)OC(=O)CCCCCCCCCCCCCCCC. The van der Waals surface area contributed by atoms with Crippen LogP contribution < -0.4 is 0 Å². The molecule has 0 aliphatic carbocycles. The number of hydrogen-bond acceptors (Lipinski definition) is 6. The van der Waals surface area contributed by atoms with E-state index in [-0.39, 0.29) is 31.1 Å². The Hall–Kier alpha value is -2.63. The van der Waals surface area contributed by atoms with E-state index in [1.54, 1.807) is 0 Å². The van der Waals surface area contributed by atoms with Gasteiger partial charge in [-0.2, -0.15) is 0 Å². The Balaban J connectivity index is 4.37. The molecule has 342 valence electrons. The second kappa shape index (κ2) is 48.0. The van der Waals surface area contributed by atoms with Crippen molar-refractivity contribution in [2.75, 3.05) is 13.2 Å². The van der Waals surface area contributed by atoms with Gasteiger partial charge in [0.1, 0.15) is 13.2 Å². The molecule has 1 atom stereocenters. The molecule has 0 heterocycles. The van der Waals surface area contributed by atoms with Crippen molar-refractivity contribution in [1.82, 2.24) is 0 Å². The van der Waals surface area contributed by atoms with E-state index in [9.17, 15) is 14.4 Å². The number of hydrogen-bond donors (Lipinski definition) is 0. The van der Waals surface area contributed by atoms with Gasteiger partial charge in [-0.1, -0.05) is 211 Å². The topological polar surface area (TPSA) is 78.9 Å². The largest absolute Gasteiger partial charge is 0.462 e. The van der Waals surface area contributed by atoms with Gasteiger partial charge in [0.15, 0.2) is 6.10 Å². The molecule has 0 spiro atoms. The lowest BCUT2D eigenvalue weighted by Crippen LogP contribution is -2.30. The van der Waals surface area contributed by atoms with Gasteiger partial charge < -0.3 is 14.2 Å². The Bertz CT molecular complexity index is 1040. The van der Waals surface area contributed by atoms with Gasteiger partial charge in [0.25, 0.3) is 0 Å². The smallest absolute Gasteiger partial charge is 0.306 e. The van der Waals surface area contributed by atoms with Crippen molar-refractivity contribution in [3.63, 3.8) is 0 Å². The van der Waals surface area contributed by atoms with Gasteiger partial charge in [-0.25, -0.2) is 0 Å². The van der Waals surface area contributed by atoms with Gasteiger partial charge in [-0.15, -0.1) is 0 Å². The normalized spacial score (nSPS) is 12.4. The second-order valence-electron chi connectivity index (χ2n) is 16.7. The van der Waals surface area contributed by atoms with Crippen molar-refractivity contribution in [2.24, 2.45) is 0 Å². The van der Waals surface area contributed by atoms with Crippen LogP contribution in [0.4, 0.5) is 0 Å². The molecule has 0 aromatic heterocycles. The van der Waals surface area contributed by atoms with Crippen LogP contribution in [0.25, 0.3) is 0 Å². The standard InChI is InChI=1S/C53H94O6/c1-4-7-10-13-16-19-22-24-26-27-29-31-34-37-40-43-46-52(55)58-49-50(48-57-51(54)45-42-39-36-33-30-21-18-15-12-9-6-3)59-53(56)47-44-41-38-35-32-28-25-23-20-17-14-11-8-5-2/h7,10,15-16,18-19,24,26,50H,4-6,8-9,11-14,17,20-23,25,27-49H2,1-3H3/b10-7-,18-15-,19-16-,26-24-. The Morgan fingerprint density at radius 3 is 1.10 bits per heavy atom. The van der Waals surface area contributed by atoms with Crippen LogP contribution in [0.2, 0.25) is 0 Å². The van der Waals surface area contributed by atoms with Crippen LogP contribution >= 0.6 is 0 Å².